The van der Waals surface area contributed by atoms with Gasteiger partial charge in [-0.05, 0) is 83.8 Å². The van der Waals surface area contributed by atoms with Gasteiger partial charge in [0.1, 0.15) is 0 Å². The second-order valence-corrected chi connectivity index (χ2v) is 22.5. The van der Waals surface area contributed by atoms with E-state index in [-0.39, 0.29) is 47.6 Å². The molecule has 30 nitrogen and oxygen atoms in total. The number of hydrogen-bond acceptors (Lipinski definition) is 30. The van der Waals surface area contributed by atoms with Crippen molar-refractivity contribution in [3.8, 4) is 0 Å². The first-order valence-electron chi connectivity index (χ1n) is 26.8. The van der Waals surface area contributed by atoms with E-state index >= 15 is 0 Å². The summed E-state index contributed by atoms with van der Waals surface area (Å²) < 4.78 is 0. The predicted octanol–water partition coefficient (Wildman–Crippen LogP) is 10.2. The molecule has 0 bridgehead atoms. The van der Waals surface area contributed by atoms with E-state index in [0.29, 0.717) is 113 Å². The Kier molecular flexibility index (Phi) is 27.6. The number of halogens is 8. The van der Waals surface area contributed by atoms with Crippen LogP contribution in [0.25, 0.3) is 0 Å². The largest absolute Gasteiger partial charge is 0.368 e. The molecular weight excluding hydrogens is 1360 g/mol. The van der Waals surface area contributed by atoms with Gasteiger partial charge in [-0.15, -0.1) is 0 Å². The number of nitrogens with zero attached hydrogens (tertiary/aromatic N) is 18. The van der Waals surface area contributed by atoms with Gasteiger partial charge in [-0.1, -0.05) is 135 Å². The molecule has 0 atom stereocenters. The maximum Gasteiger partial charge on any atom is 0.233 e. The van der Waals surface area contributed by atoms with Crippen LogP contribution in [-0.4, -0.2) is 124 Å². The van der Waals surface area contributed by atoms with Crippen molar-refractivity contribution in [3.05, 3.63) is 160 Å². The first-order valence-corrected chi connectivity index (χ1v) is 29.9. The summed E-state index contributed by atoms with van der Waals surface area (Å²) in [6.07, 6.45) is 0.764. The number of hydrogen-bond donors (Lipinski definition) is 12. The molecule has 0 saturated heterocycles. The molecule has 0 aliphatic heterocycles. The van der Waals surface area contributed by atoms with E-state index < -0.39 is 0 Å². The fourth-order valence-corrected chi connectivity index (χ4v) is 8.28. The van der Waals surface area contributed by atoms with E-state index in [9.17, 15) is 0 Å². The summed E-state index contributed by atoms with van der Waals surface area (Å²) >= 11 is 47.4. The lowest BCUT2D eigenvalue weighted by atomic mass is 10.1. The molecule has 488 valence electrons. The van der Waals surface area contributed by atoms with Gasteiger partial charge in [-0.25, -0.2) is 0 Å². The Morgan fingerprint density at radius 2 is 0.699 bits per heavy atom. The smallest absolute Gasteiger partial charge is 0.233 e. The van der Waals surface area contributed by atoms with Gasteiger partial charge in [0.15, 0.2) is 0 Å². The zero-order valence-corrected chi connectivity index (χ0v) is 56.3. The van der Waals surface area contributed by atoms with Crippen LogP contribution in [0.2, 0.25) is 40.2 Å². The van der Waals surface area contributed by atoms with Crippen molar-refractivity contribution in [3.63, 3.8) is 0 Å². The minimum Gasteiger partial charge on any atom is -0.368 e. The van der Waals surface area contributed by atoms with E-state index in [4.69, 9.17) is 133 Å². The fourth-order valence-electron chi connectivity index (χ4n) is 6.96. The number of nitrogens with two attached hydrogens (primary N) is 7. The molecule has 10 rings (SSSR count). The lowest BCUT2D eigenvalue weighted by molar-refractivity contribution is 0.935. The Morgan fingerprint density at radius 1 is 0.323 bits per heavy atom. The van der Waals surface area contributed by atoms with Gasteiger partial charge >= 0.3 is 0 Å². The van der Waals surface area contributed by atoms with Crippen LogP contribution in [0.4, 0.5) is 101 Å². The predicted molar refractivity (Wildman–Crippen MR) is 379 cm³/mol. The van der Waals surface area contributed by atoms with Gasteiger partial charge in [0.2, 0.25) is 89.2 Å². The highest BCUT2D eigenvalue weighted by Gasteiger charge is 2.12. The van der Waals surface area contributed by atoms with E-state index in [1.54, 1.807) is 63.2 Å². The van der Waals surface area contributed by atoms with E-state index in [1.807, 2.05) is 96.9 Å². The number of rotatable bonds is 17. The molecule has 5 aromatic heterocycles. The van der Waals surface area contributed by atoms with Crippen LogP contribution in [0, 0.1) is 0 Å². The summed E-state index contributed by atoms with van der Waals surface area (Å²) in [4.78, 5) is 65.0. The lowest BCUT2D eigenvalue weighted by Crippen LogP contribution is -2.17. The summed E-state index contributed by atoms with van der Waals surface area (Å²) in [7, 11) is 11.0. The maximum absolute atomic E-state index is 6.01. The Bertz CT molecular complexity index is 4060. The van der Waals surface area contributed by atoms with Crippen molar-refractivity contribution in [1.82, 2.24) is 74.8 Å². The molecule has 5 heterocycles. The Morgan fingerprint density at radius 3 is 1.17 bits per heavy atom. The molecule has 0 saturated carbocycles. The first-order chi connectivity index (χ1) is 44.2. The summed E-state index contributed by atoms with van der Waals surface area (Å²) in [5.41, 5.74) is 43.1. The molecule has 38 heteroatoms. The maximum atomic E-state index is 6.01. The van der Waals surface area contributed by atoms with Crippen LogP contribution in [0.1, 0.15) is 16.7 Å². The van der Waals surface area contributed by atoms with Crippen molar-refractivity contribution in [1.29, 1.82) is 0 Å². The highest BCUT2D eigenvalue weighted by molar-refractivity contribution is 6.43. The van der Waals surface area contributed by atoms with Gasteiger partial charge in [0.05, 0.1) is 40.8 Å². The van der Waals surface area contributed by atoms with E-state index in [2.05, 4.69) is 101 Å². The summed E-state index contributed by atoms with van der Waals surface area (Å²) in [5.74, 6) is 4.04. The second-order valence-electron chi connectivity index (χ2n) is 19.2. The zero-order chi connectivity index (χ0) is 67.9. The van der Waals surface area contributed by atoms with Crippen LogP contribution in [0.3, 0.4) is 0 Å². The molecule has 0 aliphatic carbocycles. The molecule has 19 N–H and O–H groups in total. The second kappa shape index (κ2) is 35.3. The molecule has 10 aromatic rings. The molecule has 93 heavy (non-hydrogen) atoms. The Balaban J connectivity index is 0.000000185. The highest BCUT2D eigenvalue weighted by Crippen LogP contribution is 2.28. The summed E-state index contributed by atoms with van der Waals surface area (Å²) in [5, 5.41) is 19.4. The number of anilines is 17. The van der Waals surface area contributed by atoms with Gasteiger partial charge < -0.3 is 81.4 Å². The number of nitrogen functional groups attached to an aromatic ring is 7. The van der Waals surface area contributed by atoms with Crippen molar-refractivity contribution >= 4 is 193 Å². The summed E-state index contributed by atoms with van der Waals surface area (Å²) in [6, 6.07) is 30.8. The van der Waals surface area contributed by atoms with Gasteiger partial charge in [0, 0.05) is 72.6 Å². The molecule has 0 spiro atoms. The van der Waals surface area contributed by atoms with Gasteiger partial charge in [-0.2, -0.15) is 74.8 Å². The highest BCUT2D eigenvalue weighted by atomic mass is 35.5. The molecule has 0 fully saturated rings. The standard InChI is InChI=1S/C13H16Cl2N6.C12H14Cl2N6.C11H12Cl2N6.C10H11ClN6.C9H9ClN6/c1-21(2)13-19-11(16)18-12(20-13)17-6-5-8-3-4-9(14)10(15)7-8;1-20(2)12-18-10(15)17-11(19-12)16-6-7-3-4-8(13)9(14)5-7;1-19(2)11-17-9(14)16-10(18-11)15-6-3-4-7(12)8(13)5-6;11-7-4-2-1-3-6(7)5-14-10-16-8(12)15-9(13)17-10;10-5-3-1-2-4-6(5)13-9-15-7(11)14-8(12)16-9/h3-4,7H,5-6H2,1-2H3,(H3,16,17,18,19,20);3-5H,6H2,1-2H3,(H3,15,16,17,18,19);3-5H,1-2H3,(H3,14,15,16,17,18);1-4H,5H2,(H5,12,13,14,15,16,17);1-4H,(H5,11,12,13,14,15,16). The molecule has 0 unspecified atom stereocenters. The van der Waals surface area contributed by atoms with Crippen LogP contribution >= 0.6 is 92.8 Å². The Labute approximate surface area is 574 Å². The van der Waals surface area contributed by atoms with Gasteiger partial charge in [0.25, 0.3) is 0 Å². The molecule has 0 aliphatic rings. The first kappa shape index (κ1) is 72.5. The van der Waals surface area contributed by atoms with E-state index in [1.165, 1.54) is 0 Å². The monoisotopic (exact) mass is 1420 g/mol. The van der Waals surface area contributed by atoms with Crippen molar-refractivity contribution in [2.24, 2.45) is 0 Å². The van der Waals surface area contributed by atoms with Crippen LogP contribution in [0.15, 0.2) is 103 Å². The minimum atomic E-state index is 0.0575. The number of nitrogens with one attached hydrogen (secondary N) is 5. The SMILES string of the molecule is CN(C)c1nc(N)nc(NCCc2ccc(Cl)c(Cl)c2)n1.CN(C)c1nc(N)nc(NCc2ccc(Cl)c(Cl)c2)n1.CN(C)c1nc(N)nc(Nc2ccc(Cl)c(Cl)c2)n1.Nc1nc(N)nc(NCc2ccccc2Cl)n1.Nc1nc(N)nc(Nc2ccccc2Cl)n1. The van der Waals surface area contributed by atoms with Crippen molar-refractivity contribution < 1.29 is 0 Å². The minimum absolute atomic E-state index is 0.0575. The third-order valence-corrected chi connectivity index (χ3v) is 14.2. The zero-order valence-electron chi connectivity index (χ0n) is 50.3. The number of para-hydroxylation sites is 1. The molecule has 0 radical (unpaired) electrons. The van der Waals surface area contributed by atoms with E-state index in [0.717, 1.165) is 23.1 Å². The average molecular weight is 1430 g/mol. The molecule has 5 aromatic carbocycles. The average Bonchev–Trinajstić information content (AvgIpc) is 1.24. The fraction of sp³-hybridized carbons (Fsp3) is 0.182. The van der Waals surface area contributed by atoms with Crippen LogP contribution in [0.5, 0.6) is 0 Å². The third kappa shape index (κ3) is 24.6. The molecule has 0 amide bonds. The Hall–Kier alpha value is -9.53. The number of aromatic nitrogens is 15. The van der Waals surface area contributed by atoms with Gasteiger partial charge in [-0.3, -0.25) is 0 Å². The van der Waals surface area contributed by atoms with Crippen molar-refractivity contribution in [2.45, 2.75) is 19.5 Å². The summed E-state index contributed by atoms with van der Waals surface area (Å²) in [6.45, 7) is 1.64. The topological polar surface area (TPSA) is 445 Å². The van der Waals surface area contributed by atoms with Crippen molar-refractivity contribution in [2.75, 3.05) is 130 Å². The quantitative estimate of drug-likeness (QED) is 0.0403. The third-order valence-electron chi connectivity index (χ3n) is 11.3. The van der Waals surface area contributed by atoms with Crippen LogP contribution < -0.4 is 81.4 Å². The normalized spacial score (nSPS) is 10.3. The van der Waals surface area contributed by atoms with Crippen LogP contribution in [-0.2, 0) is 19.5 Å². The lowest BCUT2D eigenvalue weighted by Gasteiger charge is -2.12. The number of benzene rings is 5. The molecular formula is C55H62Cl8N30.